The molecule has 0 aromatic carbocycles. The molecule has 21 heavy (non-hydrogen) atoms. The molecule has 2 aromatic heterocycles. The van der Waals surface area contributed by atoms with Gasteiger partial charge in [-0.15, -0.1) is 0 Å². The molecule has 3 rings (SSSR count). The number of hydrogen-bond donors (Lipinski definition) is 1. The number of carbonyl (C=O) groups is 1. The standard InChI is InChI=1S/C14H19N5O2/c1-9-7-19(5-4-15-9)14(20)12-10(2)21-13(17-12)11-6-16-18(3)8-11/h6,8-9,15H,4-5,7H2,1-3H3/t9-/m1/s1. The van der Waals surface area contributed by atoms with Crippen LogP contribution >= 0.6 is 0 Å². The summed E-state index contributed by atoms with van der Waals surface area (Å²) in [4.78, 5) is 18.8. The lowest BCUT2D eigenvalue weighted by atomic mass is 10.2. The maximum atomic E-state index is 12.6. The zero-order valence-electron chi connectivity index (χ0n) is 12.5. The van der Waals surface area contributed by atoms with E-state index in [1.54, 1.807) is 17.8 Å². The van der Waals surface area contributed by atoms with Gasteiger partial charge in [0.2, 0.25) is 5.89 Å². The summed E-state index contributed by atoms with van der Waals surface area (Å²) in [5, 5.41) is 7.41. The summed E-state index contributed by atoms with van der Waals surface area (Å²) in [5.41, 5.74) is 1.16. The van der Waals surface area contributed by atoms with E-state index in [2.05, 4.69) is 22.3 Å². The highest BCUT2D eigenvalue weighted by molar-refractivity contribution is 5.93. The van der Waals surface area contributed by atoms with Crippen molar-refractivity contribution in [1.29, 1.82) is 0 Å². The molecule has 0 spiro atoms. The summed E-state index contributed by atoms with van der Waals surface area (Å²) in [6.45, 7) is 6.02. The number of aryl methyl sites for hydroxylation is 2. The van der Waals surface area contributed by atoms with E-state index in [9.17, 15) is 4.79 Å². The number of nitrogens with zero attached hydrogens (tertiary/aromatic N) is 4. The first-order valence-electron chi connectivity index (χ1n) is 7.03. The van der Waals surface area contributed by atoms with E-state index in [-0.39, 0.29) is 5.91 Å². The van der Waals surface area contributed by atoms with Gasteiger partial charge in [-0.3, -0.25) is 9.48 Å². The summed E-state index contributed by atoms with van der Waals surface area (Å²) >= 11 is 0. The van der Waals surface area contributed by atoms with Crippen molar-refractivity contribution in [1.82, 2.24) is 25.0 Å². The number of piperazine rings is 1. The van der Waals surface area contributed by atoms with Gasteiger partial charge >= 0.3 is 0 Å². The van der Waals surface area contributed by atoms with E-state index in [1.807, 2.05) is 18.1 Å². The normalized spacial score (nSPS) is 19.0. The van der Waals surface area contributed by atoms with Gasteiger partial charge in [0.15, 0.2) is 5.69 Å². The maximum Gasteiger partial charge on any atom is 0.276 e. The molecule has 1 aliphatic heterocycles. The van der Waals surface area contributed by atoms with Gasteiger partial charge in [-0.2, -0.15) is 5.10 Å². The zero-order valence-corrected chi connectivity index (χ0v) is 12.5. The van der Waals surface area contributed by atoms with Crippen molar-refractivity contribution in [2.45, 2.75) is 19.9 Å². The van der Waals surface area contributed by atoms with Crippen LogP contribution in [0.3, 0.4) is 0 Å². The first-order valence-corrected chi connectivity index (χ1v) is 7.03. The van der Waals surface area contributed by atoms with E-state index in [4.69, 9.17) is 4.42 Å². The van der Waals surface area contributed by atoms with Crippen molar-refractivity contribution in [3.63, 3.8) is 0 Å². The van der Waals surface area contributed by atoms with E-state index < -0.39 is 0 Å². The fourth-order valence-corrected chi connectivity index (χ4v) is 2.52. The molecule has 0 saturated carbocycles. The second-order valence-electron chi connectivity index (χ2n) is 5.43. The Morgan fingerprint density at radius 1 is 1.52 bits per heavy atom. The Hall–Kier alpha value is -2.15. The van der Waals surface area contributed by atoms with E-state index in [1.165, 1.54) is 0 Å². The Morgan fingerprint density at radius 3 is 3.00 bits per heavy atom. The number of rotatable bonds is 2. The highest BCUT2D eigenvalue weighted by Crippen LogP contribution is 2.22. The van der Waals surface area contributed by atoms with Gasteiger partial charge in [-0.1, -0.05) is 0 Å². The third-order valence-corrected chi connectivity index (χ3v) is 3.61. The Kier molecular flexibility index (Phi) is 3.50. The molecule has 0 radical (unpaired) electrons. The van der Waals surface area contributed by atoms with Crippen LogP contribution in [0.4, 0.5) is 0 Å². The topological polar surface area (TPSA) is 76.2 Å². The lowest BCUT2D eigenvalue weighted by Crippen LogP contribution is -2.51. The maximum absolute atomic E-state index is 12.6. The van der Waals surface area contributed by atoms with Crippen LogP contribution in [0.2, 0.25) is 0 Å². The highest BCUT2D eigenvalue weighted by atomic mass is 16.4. The van der Waals surface area contributed by atoms with Crippen LogP contribution in [0.25, 0.3) is 11.5 Å². The van der Waals surface area contributed by atoms with E-state index in [0.717, 1.165) is 12.1 Å². The van der Waals surface area contributed by atoms with E-state index >= 15 is 0 Å². The molecule has 2 aromatic rings. The number of nitrogens with one attached hydrogen (secondary N) is 1. The Morgan fingerprint density at radius 2 is 2.33 bits per heavy atom. The molecule has 1 N–H and O–H groups in total. The summed E-state index contributed by atoms with van der Waals surface area (Å²) in [5.74, 6) is 0.914. The van der Waals surface area contributed by atoms with Gasteiger partial charge in [0.25, 0.3) is 5.91 Å². The van der Waals surface area contributed by atoms with Gasteiger partial charge in [-0.25, -0.2) is 4.98 Å². The lowest BCUT2D eigenvalue weighted by Gasteiger charge is -2.31. The minimum atomic E-state index is -0.0697. The van der Waals surface area contributed by atoms with Gasteiger partial charge in [0.05, 0.1) is 11.8 Å². The predicted molar refractivity (Wildman–Crippen MR) is 76.8 cm³/mol. The lowest BCUT2D eigenvalue weighted by molar-refractivity contribution is 0.0702. The summed E-state index contributed by atoms with van der Waals surface area (Å²) in [6, 6.07) is 0.299. The molecule has 3 heterocycles. The summed E-state index contributed by atoms with van der Waals surface area (Å²) in [7, 11) is 1.83. The van der Waals surface area contributed by atoms with Crippen molar-refractivity contribution in [3.05, 3.63) is 23.8 Å². The number of aromatic nitrogens is 3. The van der Waals surface area contributed by atoms with E-state index in [0.29, 0.717) is 36.5 Å². The van der Waals surface area contributed by atoms with Crippen molar-refractivity contribution in [2.75, 3.05) is 19.6 Å². The minimum absolute atomic E-state index is 0.0697. The fraction of sp³-hybridized carbons (Fsp3) is 0.500. The summed E-state index contributed by atoms with van der Waals surface area (Å²) < 4.78 is 7.30. The van der Waals surface area contributed by atoms with Gasteiger partial charge in [0, 0.05) is 38.9 Å². The molecule has 7 nitrogen and oxygen atoms in total. The van der Waals surface area contributed by atoms with Crippen LogP contribution in [0, 0.1) is 6.92 Å². The minimum Gasteiger partial charge on any atom is -0.440 e. The average Bonchev–Trinajstić information content (AvgIpc) is 3.04. The number of carbonyl (C=O) groups excluding carboxylic acids is 1. The average molecular weight is 289 g/mol. The first-order chi connectivity index (χ1) is 10.0. The smallest absolute Gasteiger partial charge is 0.276 e. The number of amides is 1. The van der Waals surface area contributed by atoms with Crippen LogP contribution in [-0.4, -0.2) is 51.2 Å². The Labute approximate surface area is 122 Å². The fourth-order valence-electron chi connectivity index (χ4n) is 2.52. The Balaban J connectivity index is 1.85. The molecule has 112 valence electrons. The summed E-state index contributed by atoms with van der Waals surface area (Å²) in [6.07, 6.45) is 3.48. The molecule has 1 amide bonds. The monoisotopic (exact) mass is 289 g/mol. The zero-order chi connectivity index (χ0) is 15.0. The van der Waals surface area contributed by atoms with Crippen LogP contribution < -0.4 is 5.32 Å². The van der Waals surface area contributed by atoms with Crippen LogP contribution in [0.15, 0.2) is 16.8 Å². The molecular weight excluding hydrogens is 270 g/mol. The highest BCUT2D eigenvalue weighted by Gasteiger charge is 2.26. The molecule has 0 aliphatic carbocycles. The largest absolute Gasteiger partial charge is 0.440 e. The number of hydrogen-bond acceptors (Lipinski definition) is 5. The molecule has 1 atom stereocenters. The molecule has 1 fully saturated rings. The third-order valence-electron chi connectivity index (χ3n) is 3.61. The quantitative estimate of drug-likeness (QED) is 0.885. The molecular formula is C14H19N5O2. The van der Waals surface area contributed by atoms with Crippen LogP contribution in [0.1, 0.15) is 23.2 Å². The SMILES string of the molecule is Cc1oc(-c2cnn(C)c2)nc1C(=O)N1CCN[C@H](C)C1. The van der Waals surface area contributed by atoms with Crippen molar-refractivity contribution in [2.24, 2.45) is 7.05 Å². The first kappa shape index (κ1) is 13.8. The third kappa shape index (κ3) is 2.69. The van der Waals surface area contributed by atoms with Crippen LogP contribution in [-0.2, 0) is 7.05 Å². The van der Waals surface area contributed by atoms with Crippen molar-refractivity contribution in [3.8, 4) is 11.5 Å². The van der Waals surface area contributed by atoms with Gasteiger partial charge < -0.3 is 14.6 Å². The van der Waals surface area contributed by atoms with Gasteiger partial charge in [0.1, 0.15) is 5.76 Å². The molecule has 0 unspecified atom stereocenters. The van der Waals surface area contributed by atoms with Gasteiger partial charge in [-0.05, 0) is 13.8 Å². The second kappa shape index (κ2) is 5.33. The molecule has 1 aliphatic rings. The molecule has 0 bridgehead atoms. The van der Waals surface area contributed by atoms with Crippen molar-refractivity contribution >= 4 is 5.91 Å². The molecule has 1 saturated heterocycles. The predicted octanol–water partition coefficient (Wildman–Crippen LogP) is 0.817. The number of oxazole rings is 1. The Bertz CT molecular complexity index is 660. The van der Waals surface area contributed by atoms with Crippen molar-refractivity contribution < 1.29 is 9.21 Å². The van der Waals surface area contributed by atoms with Crippen LogP contribution in [0.5, 0.6) is 0 Å². The second-order valence-corrected chi connectivity index (χ2v) is 5.43. The molecule has 7 heteroatoms.